The van der Waals surface area contributed by atoms with Gasteiger partial charge in [0, 0.05) is 12.7 Å². The second kappa shape index (κ2) is 5.32. The lowest BCUT2D eigenvalue weighted by molar-refractivity contribution is -0.132. The molecule has 15 heavy (non-hydrogen) atoms. The maximum Gasteiger partial charge on any atom is 0.331 e. The Morgan fingerprint density at radius 1 is 1.40 bits per heavy atom. The van der Waals surface area contributed by atoms with E-state index in [2.05, 4.69) is 0 Å². The predicted molar refractivity (Wildman–Crippen MR) is 57.6 cm³/mol. The minimum atomic E-state index is -0.923. The molecule has 1 N–H and O–H groups in total. The van der Waals surface area contributed by atoms with Crippen molar-refractivity contribution in [1.82, 2.24) is 0 Å². The fourth-order valence-electron chi connectivity index (χ4n) is 1.24. The van der Waals surface area contributed by atoms with Crippen LogP contribution in [-0.4, -0.2) is 18.2 Å². The number of carboxylic acids is 1. The quantitative estimate of drug-likeness (QED) is 0.769. The third kappa shape index (κ3) is 3.22. The molecule has 1 aromatic rings. The molecule has 0 spiro atoms. The highest BCUT2D eigenvalue weighted by Crippen LogP contribution is 2.19. The summed E-state index contributed by atoms with van der Waals surface area (Å²) in [5, 5.41) is 8.75. The number of methoxy groups -OCH3 is 1. The summed E-state index contributed by atoms with van der Waals surface area (Å²) in [5.74, 6) is -0.923. The molecule has 0 saturated heterocycles. The molecule has 0 amide bonds. The summed E-state index contributed by atoms with van der Waals surface area (Å²) in [6.45, 7) is 1.55. The minimum Gasteiger partial charge on any atom is -0.478 e. The summed E-state index contributed by atoms with van der Waals surface area (Å²) < 4.78 is 5.22. The first-order valence-corrected chi connectivity index (χ1v) is 4.64. The average molecular weight is 206 g/mol. The van der Waals surface area contributed by atoms with Gasteiger partial charge < -0.3 is 9.84 Å². The van der Waals surface area contributed by atoms with Gasteiger partial charge in [-0.3, -0.25) is 0 Å². The maximum atomic E-state index is 10.7. The van der Waals surface area contributed by atoms with Crippen LogP contribution < -0.4 is 0 Å². The highest BCUT2D eigenvalue weighted by molar-refractivity contribution is 5.85. The minimum absolute atomic E-state index is 0.283. The molecule has 3 nitrogen and oxygen atoms in total. The van der Waals surface area contributed by atoms with E-state index in [1.165, 1.54) is 0 Å². The average Bonchev–Trinajstić information content (AvgIpc) is 2.26. The number of carbonyl (C=O) groups is 1. The molecular formula is C12H14O3. The Kier molecular flexibility index (Phi) is 4.06. The molecule has 0 heterocycles. The van der Waals surface area contributed by atoms with E-state index in [9.17, 15) is 4.79 Å². The first kappa shape index (κ1) is 11.5. The van der Waals surface area contributed by atoms with Crippen molar-refractivity contribution in [2.75, 3.05) is 7.11 Å². The van der Waals surface area contributed by atoms with Crippen molar-refractivity contribution in [3.05, 3.63) is 47.5 Å². The van der Waals surface area contributed by atoms with Gasteiger partial charge in [-0.05, 0) is 18.6 Å². The summed E-state index contributed by atoms with van der Waals surface area (Å²) in [5.41, 5.74) is 1.23. The molecule has 1 aromatic carbocycles. The standard InChI is InChI=1S/C12H14O3/c1-9(12(13)14)8-11(15-2)10-6-4-3-5-7-10/h3-8,11H,1-2H3,(H,13,14). The molecule has 1 atom stereocenters. The number of hydrogen-bond donors (Lipinski definition) is 1. The van der Waals surface area contributed by atoms with Crippen molar-refractivity contribution in [2.24, 2.45) is 0 Å². The Hall–Kier alpha value is -1.61. The number of rotatable bonds is 4. The van der Waals surface area contributed by atoms with Crippen LogP contribution in [0.15, 0.2) is 42.0 Å². The van der Waals surface area contributed by atoms with E-state index in [0.29, 0.717) is 0 Å². The molecule has 0 fully saturated rings. The van der Waals surface area contributed by atoms with E-state index in [1.54, 1.807) is 20.1 Å². The van der Waals surface area contributed by atoms with Crippen LogP contribution in [0.1, 0.15) is 18.6 Å². The van der Waals surface area contributed by atoms with Crippen LogP contribution in [0.25, 0.3) is 0 Å². The van der Waals surface area contributed by atoms with Gasteiger partial charge in [0.25, 0.3) is 0 Å². The first-order valence-electron chi connectivity index (χ1n) is 4.64. The second-order valence-electron chi connectivity index (χ2n) is 3.22. The fourth-order valence-corrected chi connectivity index (χ4v) is 1.24. The van der Waals surface area contributed by atoms with Crippen LogP contribution in [0.4, 0.5) is 0 Å². The molecule has 0 bridgehead atoms. The summed E-state index contributed by atoms with van der Waals surface area (Å²) in [6, 6.07) is 9.50. The van der Waals surface area contributed by atoms with Crippen LogP contribution in [0, 0.1) is 0 Å². The largest absolute Gasteiger partial charge is 0.478 e. The summed E-state index contributed by atoms with van der Waals surface area (Å²) in [7, 11) is 1.56. The van der Waals surface area contributed by atoms with Gasteiger partial charge >= 0.3 is 5.97 Å². The molecule has 0 aliphatic rings. The Labute approximate surface area is 89.0 Å². The van der Waals surface area contributed by atoms with E-state index >= 15 is 0 Å². The van der Waals surface area contributed by atoms with Crippen LogP contribution in [-0.2, 0) is 9.53 Å². The molecule has 3 heteroatoms. The zero-order chi connectivity index (χ0) is 11.3. The molecule has 0 aliphatic heterocycles. The van der Waals surface area contributed by atoms with Gasteiger partial charge in [0.15, 0.2) is 0 Å². The van der Waals surface area contributed by atoms with Crippen molar-refractivity contribution < 1.29 is 14.6 Å². The van der Waals surface area contributed by atoms with E-state index in [-0.39, 0.29) is 11.7 Å². The monoisotopic (exact) mass is 206 g/mol. The van der Waals surface area contributed by atoms with Gasteiger partial charge in [-0.2, -0.15) is 0 Å². The van der Waals surface area contributed by atoms with Crippen LogP contribution in [0.2, 0.25) is 0 Å². The van der Waals surface area contributed by atoms with Gasteiger partial charge in [0.05, 0.1) is 0 Å². The van der Waals surface area contributed by atoms with Crippen molar-refractivity contribution >= 4 is 5.97 Å². The van der Waals surface area contributed by atoms with Crippen molar-refractivity contribution in [1.29, 1.82) is 0 Å². The Morgan fingerprint density at radius 3 is 2.47 bits per heavy atom. The molecule has 1 unspecified atom stereocenters. The maximum absolute atomic E-state index is 10.7. The number of carboxylic acid groups (broad SMARTS) is 1. The Morgan fingerprint density at radius 2 is 2.00 bits per heavy atom. The first-order chi connectivity index (χ1) is 7.15. The molecule has 0 saturated carbocycles. The summed E-state index contributed by atoms with van der Waals surface area (Å²) in [4.78, 5) is 10.7. The second-order valence-corrected chi connectivity index (χ2v) is 3.22. The predicted octanol–water partition coefficient (Wildman–Crippen LogP) is 2.41. The fraction of sp³-hybridized carbons (Fsp3) is 0.250. The van der Waals surface area contributed by atoms with Gasteiger partial charge in [-0.25, -0.2) is 4.79 Å². The van der Waals surface area contributed by atoms with Crippen LogP contribution in [0.5, 0.6) is 0 Å². The lowest BCUT2D eigenvalue weighted by Crippen LogP contribution is -2.03. The highest BCUT2D eigenvalue weighted by Gasteiger charge is 2.09. The van der Waals surface area contributed by atoms with Crippen molar-refractivity contribution in [2.45, 2.75) is 13.0 Å². The molecule has 0 aliphatic carbocycles. The third-order valence-electron chi connectivity index (χ3n) is 2.12. The smallest absolute Gasteiger partial charge is 0.331 e. The zero-order valence-corrected chi connectivity index (χ0v) is 8.81. The van der Waals surface area contributed by atoms with Gasteiger partial charge in [-0.15, -0.1) is 0 Å². The topological polar surface area (TPSA) is 46.5 Å². The zero-order valence-electron chi connectivity index (χ0n) is 8.81. The Bertz CT molecular complexity index is 354. The summed E-state index contributed by atoms with van der Waals surface area (Å²) >= 11 is 0. The molecule has 0 aromatic heterocycles. The van der Waals surface area contributed by atoms with Crippen molar-refractivity contribution in [3.8, 4) is 0 Å². The highest BCUT2D eigenvalue weighted by atomic mass is 16.5. The van der Waals surface area contributed by atoms with Crippen LogP contribution in [0.3, 0.4) is 0 Å². The Balaban J connectivity index is 2.91. The van der Waals surface area contributed by atoms with Gasteiger partial charge in [-0.1, -0.05) is 30.3 Å². The van der Waals surface area contributed by atoms with E-state index in [1.807, 2.05) is 30.3 Å². The van der Waals surface area contributed by atoms with Gasteiger partial charge in [0.2, 0.25) is 0 Å². The van der Waals surface area contributed by atoms with E-state index in [0.717, 1.165) is 5.56 Å². The molecule has 80 valence electrons. The van der Waals surface area contributed by atoms with E-state index < -0.39 is 5.97 Å². The summed E-state index contributed by atoms with van der Waals surface area (Å²) in [6.07, 6.45) is 1.29. The number of benzene rings is 1. The number of hydrogen-bond acceptors (Lipinski definition) is 2. The number of ether oxygens (including phenoxy) is 1. The normalized spacial score (nSPS) is 13.6. The molecule has 0 radical (unpaired) electrons. The van der Waals surface area contributed by atoms with Crippen LogP contribution >= 0.6 is 0 Å². The lowest BCUT2D eigenvalue weighted by atomic mass is 10.1. The van der Waals surface area contributed by atoms with Gasteiger partial charge in [0.1, 0.15) is 6.10 Å². The SMILES string of the molecule is COC(C=C(C)C(=O)O)c1ccccc1. The third-order valence-corrected chi connectivity index (χ3v) is 2.12. The van der Waals surface area contributed by atoms with E-state index in [4.69, 9.17) is 9.84 Å². The lowest BCUT2D eigenvalue weighted by Gasteiger charge is -2.11. The molecule has 1 rings (SSSR count). The number of aliphatic carboxylic acids is 1. The van der Waals surface area contributed by atoms with Crippen molar-refractivity contribution in [3.63, 3.8) is 0 Å². The molecular weight excluding hydrogens is 192 g/mol.